The summed E-state index contributed by atoms with van der Waals surface area (Å²) in [5.74, 6) is 0.873. The summed E-state index contributed by atoms with van der Waals surface area (Å²) in [6.07, 6.45) is 3.95. The average molecular weight is 266 g/mol. The average Bonchev–Trinajstić information content (AvgIpc) is 2.56. The van der Waals surface area contributed by atoms with E-state index in [2.05, 4.69) is 49.9 Å². The lowest BCUT2D eigenvalue weighted by Gasteiger charge is -2.41. The molecule has 2 aliphatic rings. The van der Waals surface area contributed by atoms with Gasteiger partial charge in [0, 0.05) is 18.1 Å². The minimum absolute atomic E-state index is 0. The maximum atomic E-state index is 2.78. The molecule has 3 unspecified atom stereocenters. The zero-order valence-corrected chi connectivity index (χ0v) is 12.4. The Bertz CT molecular complexity index is 384. The number of benzene rings is 1. The highest BCUT2D eigenvalue weighted by Gasteiger charge is 2.44. The van der Waals surface area contributed by atoms with Crippen molar-refractivity contribution in [3.63, 3.8) is 0 Å². The van der Waals surface area contributed by atoms with Crippen molar-refractivity contribution in [3.8, 4) is 0 Å². The van der Waals surface area contributed by atoms with Crippen molar-refractivity contribution in [2.24, 2.45) is 5.92 Å². The summed E-state index contributed by atoms with van der Waals surface area (Å²) in [6, 6.07) is 11.2. The highest BCUT2D eigenvalue weighted by molar-refractivity contribution is 5.85. The van der Waals surface area contributed by atoms with Gasteiger partial charge in [0.1, 0.15) is 0 Å². The summed E-state index contributed by atoms with van der Waals surface area (Å²) in [4.78, 5) is 2.78. The van der Waals surface area contributed by atoms with Crippen molar-refractivity contribution >= 4 is 12.4 Å². The molecule has 2 aliphatic heterocycles. The first-order chi connectivity index (χ1) is 8.22. The largest absolute Gasteiger partial charge is 0.287 e. The van der Waals surface area contributed by atoms with Crippen LogP contribution in [0.5, 0.6) is 0 Å². The second kappa shape index (κ2) is 5.22. The molecule has 2 bridgehead atoms. The van der Waals surface area contributed by atoms with Crippen LogP contribution in [-0.2, 0) is 0 Å². The first-order valence-electron chi connectivity index (χ1n) is 7.08. The lowest BCUT2D eigenvalue weighted by molar-refractivity contribution is 0.0416. The molecule has 18 heavy (non-hydrogen) atoms. The quantitative estimate of drug-likeness (QED) is 0.747. The third kappa shape index (κ3) is 1.98. The summed E-state index contributed by atoms with van der Waals surface area (Å²) >= 11 is 0. The Morgan fingerprint density at radius 2 is 1.67 bits per heavy atom. The van der Waals surface area contributed by atoms with Crippen LogP contribution in [0.15, 0.2) is 24.3 Å². The SMILES string of the molecule is CCC(C)N1C2CC(C)CC1c1ccccc12.Cl. The Hall–Kier alpha value is -0.530. The number of hydrogen-bond acceptors (Lipinski definition) is 1. The van der Waals surface area contributed by atoms with E-state index < -0.39 is 0 Å². The second-order valence-electron chi connectivity index (χ2n) is 5.94. The van der Waals surface area contributed by atoms with E-state index in [1.54, 1.807) is 11.1 Å². The Balaban J connectivity index is 0.00000120. The number of fused-ring (bicyclic) bond motifs is 5. The molecule has 2 heterocycles. The molecule has 1 saturated heterocycles. The van der Waals surface area contributed by atoms with E-state index in [0.29, 0.717) is 18.1 Å². The zero-order chi connectivity index (χ0) is 12.0. The number of nitrogens with zero attached hydrogens (tertiary/aromatic N) is 1. The molecule has 3 rings (SSSR count). The number of halogens is 1. The van der Waals surface area contributed by atoms with Crippen LogP contribution in [0.3, 0.4) is 0 Å². The second-order valence-corrected chi connectivity index (χ2v) is 5.94. The van der Waals surface area contributed by atoms with Crippen molar-refractivity contribution in [1.82, 2.24) is 4.90 Å². The molecule has 0 aromatic heterocycles. The van der Waals surface area contributed by atoms with Gasteiger partial charge in [0.25, 0.3) is 0 Å². The van der Waals surface area contributed by atoms with Crippen LogP contribution in [0, 0.1) is 5.92 Å². The Kier molecular flexibility index (Phi) is 4.03. The lowest BCUT2D eigenvalue weighted by atomic mass is 9.89. The van der Waals surface area contributed by atoms with Crippen molar-refractivity contribution < 1.29 is 0 Å². The molecule has 0 radical (unpaired) electrons. The highest BCUT2D eigenvalue weighted by Crippen LogP contribution is 2.53. The Labute approximate surface area is 117 Å². The minimum atomic E-state index is 0. The minimum Gasteiger partial charge on any atom is -0.287 e. The maximum Gasteiger partial charge on any atom is 0.0362 e. The highest BCUT2D eigenvalue weighted by atomic mass is 35.5. The van der Waals surface area contributed by atoms with E-state index >= 15 is 0 Å². The van der Waals surface area contributed by atoms with Crippen molar-refractivity contribution in [2.45, 2.75) is 58.2 Å². The smallest absolute Gasteiger partial charge is 0.0362 e. The molecule has 1 fully saturated rings. The van der Waals surface area contributed by atoms with E-state index in [0.717, 1.165) is 5.92 Å². The van der Waals surface area contributed by atoms with E-state index in [4.69, 9.17) is 0 Å². The van der Waals surface area contributed by atoms with E-state index in [-0.39, 0.29) is 12.4 Å². The van der Waals surface area contributed by atoms with Gasteiger partial charge < -0.3 is 0 Å². The molecule has 3 atom stereocenters. The first-order valence-corrected chi connectivity index (χ1v) is 7.08. The monoisotopic (exact) mass is 265 g/mol. The molecule has 1 aromatic carbocycles. The van der Waals surface area contributed by atoms with E-state index in [1.807, 2.05) is 0 Å². The van der Waals surface area contributed by atoms with Gasteiger partial charge in [-0.15, -0.1) is 12.4 Å². The fourth-order valence-corrected chi connectivity index (χ4v) is 3.84. The van der Waals surface area contributed by atoms with Gasteiger partial charge in [0.2, 0.25) is 0 Å². The predicted molar refractivity (Wildman–Crippen MR) is 79.2 cm³/mol. The van der Waals surface area contributed by atoms with Gasteiger partial charge in [0.15, 0.2) is 0 Å². The third-order valence-electron chi connectivity index (χ3n) is 4.78. The standard InChI is InChI=1S/C16H23N.ClH/c1-4-12(3)17-15-9-11(2)10-16(17)14-8-6-5-7-13(14)15;/h5-8,11-12,15-16H,4,9-10H2,1-3H3;1H. The molecule has 2 heteroatoms. The lowest BCUT2D eigenvalue weighted by Crippen LogP contribution is -2.39. The van der Waals surface area contributed by atoms with E-state index in [1.165, 1.54) is 19.3 Å². The predicted octanol–water partition coefficient (Wildman–Crippen LogP) is 4.73. The van der Waals surface area contributed by atoms with Crippen LogP contribution in [-0.4, -0.2) is 10.9 Å². The van der Waals surface area contributed by atoms with Crippen molar-refractivity contribution in [1.29, 1.82) is 0 Å². The van der Waals surface area contributed by atoms with Gasteiger partial charge in [-0.25, -0.2) is 0 Å². The fraction of sp³-hybridized carbons (Fsp3) is 0.625. The summed E-state index contributed by atoms with van der Waals surface area (Å²) in [6.45, 7) is 7.12. The molecule has 0 N–H and O–H groups in total. The van der Waals surface area contributed by atoms with E-state index in [9.17, 15) is 0 Å². The molecule has 0 aliphatic carbocycles. The molecule has 1 aromatic rings. The Morgan fingerprint density at radius 1 is 1.17 bits per heavy atom. The Morgan fingerprint density at radius 3 is 2.11 bits per heavy atom. The van der Waals surface area contributed by atoms with Crippen molar-refractivity contribution in [3.05, 3.63) is 35.4 Å². The molecule has 0 amide bonds. The number of rotatable bonds is 2. The third-order valence-corrected chi connectivity index (χ3v) is 4.78. The van der Waals surface area contributed by atoms with Crippen LogP contribution in [0.1, 0.15) is 63.2 Å². The normalized spacial score (nSPS) is 31.6. The molecule has 1 nitrogen and oxygen atoms in total. The molecule has 0 spiro atoms. The van der Waals surface area contributed by atoms with Crippen LogP contribution in [0.4, 0.5) is 0 Å². The summed E-state index contributed by atoms with van der Waals surface area (Å²) in [5.41, 5.74) is 3.23. The molecular formula is C16H24ClN. The van der Waals surface area contributed by atoms with Crippen LogP contribution < -0.4 is 0 Å². The summed E-state index contributed by atoms with van der Waals surface area (Å²) < 4.78 is 0. The molecule has 0 saturated carbocycles. The van der Waals surface area contributed by atoms with Gasteiger partial charge in [-0.3, -0.25) is 4.90 Å². The molecular weight excluding hydrogens is 242 g/mol. The van der Waals surface area contributed by atoms with Gasteiger partial charge >= 0.3 is 0 Å². The van der Waals surface area contributed by atoms with Gasteiger partial charge in [0.05, 0.1) is 0 Å². The number of hydrogen-bond donors (Lipinski definition) is 0. The number of piperidine rings is 1. The van der Waals surface area contributed by atoms with Crippen LogP contribution in [0.25, 0.3) is 0 Å². The first kappa shape index (κ1) is 13.9. The molecule has 100 valence electrons. The van der Waals surface area contributed by atoms with Gasteiger partial charge in [-0.05, 0) is 43.2 Å². The maximum absolute atomic E-state index is 2.78. The van der Waals surface area contributed by atoms with Crippen molar-refractivity contribution in [2.75, 3.05) is 0 Å². The van der Waals surface area contributed by atoms with Crippen LogP contribution in [0.2, 0.25) is 0 Å². The van der Waals surface area contributed by atoms with Crippen LogP contribution >= 0.6 is 12.4 Å². The summed E-state index contributed by atoms with van der Waals surface area (Å²) in [5, 5.41) is 0. The van der Waals surface area contributed by atoms with Gasteiger partial charge in [-0.1, -0.05) is 38.1 Å². The topological polar surface area (TPSA) is 3.24 Å². The zero-order valence-electron chi connectivity index (χ0n) is 11.6. The fourth-order valence-electron chi connectivity index (χ4n) is 3.84. The van der Waals surface area contributed by atoms with Gasteiger partial charge in [-0.2, -0.15) is 0 Å². The summed E-state index contributed by atoms with van der Waals surface area (Å²) in [7, 11) is 0.